The van der Waals surface area contributed by atoms with Crippen LogP contribution >= 0.6 is 0 Å². The number of carbonyl (C=O) groups excluding carboxylic acids is 2. The Balaban J connectivity index is 1.79. The molecular formula is C22H16F2N8O5. The summed E-state index contributed by atoms with van der Waals surface area (Å²) in [6.45, 7) is -0.0644. The number of anilines is 1. The monoisotopic (exact) mass is 510 g/mol. The molecule has 37 heavy (non-hydrogen) atoms. The molecule has 0 unspecified atom stereocenters. The van der Waals surface area contributed by atoms with E-state index in [9.17, 15) is 23.2 Å². The van der Waals surface area contributed by atoms with E-state index in [1.165, 1.54) is 16.8 Å². The summed E-state index contributed by atoms with van der Waals surface area (Å²) in [4.78, 5) is 50.0. The van der Waals surface area contributed by atoms with Gasteiger partial charge in [-0.1, -0.05) is 18.2 Å². The summed E-state index contributed by atoms with van der Waals surface area (Å²) < 4.78 is 40.0. The Labute approximate surface area is 204 Å². The van der Waals surface area contributed by atoms with Crippen LogP contribution in [0.1, 0.15) is 5.56 Å². The molecule has 15 heteroatoms. The van der Waals surface area contributed by atoms with Gasteiger partial charge in [0.25, 0.3) is 0 Å². The number of imidazole rings is 1. The van der Waals surface area contributed by atoms with Crippen LogP contribution in [-0.4, -0.2) is 60.3 Å². The molecule has 0 saturated heterocycles. The smallest absolute Gasteiger partial charge is 0.423 e. The van der Waals surface area contributed by atoms with Gasteiger partial charge in [0.05, 0.1) is 32.3 Å². The average Bonchev–Trinajstić information content (AvgIpc) is 3.38. The van der Waals surface area contributed by atoms with Gasteiger partial charge in [-0.05, 0) is 12.1 Å². The summed E-state index contributed by atoms with van der Waals surface area (Å²) in [6, 6.07) is 7.14. The van der Waals surface area contributed by atoms with Crippen LogP contribution in [0.5, 0.6) is 0 Å². The van der Waals surface area contributed by atoms with Gasteiger partial charge in [0.15, 0.2) is 22.9 Å². The topological polar surface area (TPSA) is 162 Å². The number of aromatic nitrogens is 7. The number of methoxy groups -OCH3 is 2. The number of nitrogens with two attached hydrogens (primary N) is 1. The van der Waals surface area contributed by atoms with Gasteiger partial charge in [0.2, 0.25) is 0 Å². The maximum atomic E-state index is 14.3. The molecule has 188 valence electrons. The highest BCUT2D eigenvalue weighted by molar-refractivity contribution is 5.97. The van der Waals surface area contributed by atoms with Gasteiger partial charge in [0.1, 0.15) is 22.8 Å². The molecule has 0 saturated carbocycles. The number of hydrogen-bond acceptors (Lipinski definition) is 10. The summed E-state index contributed by atoms with van der Waals surface area (Å²) in [5, 5.41) is 4.55. The second kappa shape index (κ2) is 8.78. The van der Waals surface area contributed by atoms with Gasteiger partial charge in [-0.2, -0.15) is 14.2 Å². The number of rotatable bonds is 3. The molecule has 0 atom stereocenters. The third kappa shape index (κ3) is 3.72. The van der Waals surface area contributed by atoms with E-state index in [1.807, 2.05) is 0 Å². The maximum absolute atomic E-state index is 14.3. The van der Waals surface area contributed by atoms with Crippen LogP contribution in [0.4, 0.5) is 24.2 Å². The molecule has 0 aliphatic rings. The van der Waals surface area contributed by atoms with Crippen LogP contribution in [0, 0.1) is 11.6 Å². The Bertz CT molecular complexity index is 1790. The molecule has 0 aliphatic carbocycles. The van der Waals surface area contributed by atoms with Crippen molar-refractivity contribution in [2.75, 3.05) is 20.0 Å². The summed E-state index contributed by atoms with van der Waals surface area (Å²) in [7, 11) is 2.05. The van der Waals surface area contributed by atoms with Crippen LogP contribution in [0.2, 0.25) is 0 Å². The SMILES string of the molecule is COC(=O)n1c(=O)n(C(=O)OC)c2c(N)nc(-c3nn(Cc4ccccc4F)c4ncc(F)cc34)nc21. The molecular weight excluding hydrogens is 494 g/mol. The lowest BCUT2D eigenvalue weighted by atomic mass is 10.2. The predicted molar refractivity (Wildman–Crippen MR) is 124 cm³/mol. The van der Waals surface area contributed by atoms with Crippen LogP contribution in [-0.2, 0) is 16.0 Å². The Hall–Kier alpha value is -5.21. The standard InChI is InChI=1S/C22H16F2N8O5/c1-36-21(34)31-15-16(25)27-17(28-19(15)32(20(31)33)22(35)37-2)14-12-7-11(23)8-26-18(12)30(29-14)9-10-5-3-4-6-13(10)24/h3-8H,9H2,1-2H3,(H2,25,27,28). The van der Waals surface area contributed by atoms with Crippen molar-refractivity contribution in [2.24, 2.45) is 0 Å². The first-order valence-electron chi connectivity index (χ1n) is 10.5. The van der Waals surface area contributed by atoms with Gasteiger partial charge in [-0.25, -0.2) is 42.8 Å². The first kappa shape index (κ1) is 23.5. The number of hydrogen-bond donors (Lipinski definition) is 1. The highest BCUT2D eigenvalue weighted by Crippen LogP contribution is 2.29. The van der Waals surface area contributed by atoms with Crippen LogP contribution < -0.4 is 11.4 Å². The molecule has 2 N–H and O–H groups in total. The molecule has 5 rings (SSSR count). The highest BCUT2D eigenvalue weighted by atomic mass is 19.1. The predicted octanol–water partition coefficient (Wildman–Crippen LogP) is 2.14. The normalized spacial score (nSPS) is 11.2. The highest BCUT2D eigenvalue weighted by Gasteiger charge is 2.29. The van der Waals surface area contributed by atoms with Crippen molar-refractivity contribution in [2.45, 2.75) is 6.54 Å². The minimum Gasteiger partial charge on any atom is -0.452 e. The van der Waals surface area contributed by atoms with Crippen LogP contribution in [0.25, 0.3) is 33.7 Å². The largest absolute Gasteiger partial charge is 0.452 e. The summed E-state index contributed by atoms with van der Waals surface area (Å²) in [5.74, 6) is -1.79. The quantitative estimate of drug-likeness (QED) is 0.380. The molecule has 4 heterocycles. The Morgan fingerprint density at radius 2 is 1.73 bits per heavy atom. The summed E-state index contributed by atoms with van der Waals surface area (Å²) >= 11 is 0. The fraction of sp³-hybridized carbons (Fsp3) is 0.136. The van der Waals surface area contributed by atoms with Crippen molar-refractivity contribution in [1.82, 2.24) is 33.9 Å². The summed E-state index contributed by atoms with van der Waals surface area (Å²) in [5.41, 5.74) is 4.66. The van der Waals surface area contributed by atoms with Crippen molar-refractivity contribution in [3.05, 3.63) is 64.2 Å². The molecule has 0 aliphatic heterocycles. The van der Waals surface area contributed by atoms with E-state index in [4.69, 9.17) is 5.73 Å². The minimum atomic E-state index is -1.16. The first-order chi connectivity index (χ1) is 17.7. The molecule has 0 bridgehead atoms. The van der Waals surface area contributed by atoms with E-state index < -0.39 is 29.5 Å². The third-order valence-corrected chi connectivity index (χ3v) is 5.47. The maximum Gasteiger partial charge on any atom is 0.423 e. The van der Waals surface area contributed by atoms with Gasteiger partial charge in [0, 0.05) is 5.56 Å². The van der Waals surface area contributed by atoms with Crippen molar-refractivity contribution < 1.29 is 27.8 Å². The van der Waals surface area contributed by atoms with Gasteiger partial charge < -0.3 is 15.2 Å². The zero-order valence-corrected chi connectivity index (χ0v) is 19.2. The number of pyridine rings is 1. The van der Waals surface area contributed by atoms with Crippen LogP contribution in [0.15, 0.2) is 41.3 Å². The molecule has 0 radical (unpaired) electrons. The van der Waals surface area contributed by atoms with E-state index in [-0.39, 0.29) is 51.6 Å². The minimum absolute atomic E-state index is 0.0263. The number of ether oxygens (including phenoxy) is 2. The fourth-order valence-electron chi connectivity index (χ4n) is 3.84. The average molecular weight is 510 g/mol. The molecule has 0 fully saturated rings. The van der Waals surface area contributed by atoms with E-state index >= 15 is 0 Å². The molecule has 5 aromatic rings. The van der Waals surface area contributed by atoms with Crippen molar-refractivity contribution >= 4 is 40.2 Å². The molecule has 0 amide bonds. The number of nitrogens with zero attached hydrogens (tertiary/aromatic N) is 7. The first-order valence-corrected chi connectivity index (χ1v) is 10.5. The molecule has 13 nitrogen and oxygen atoms in total. The number of benzene rings is 1. The van der Waals surface area contributed by atoms with Gasteiger partial charge in [-0.15, -0.1) is 0 Å². The second-order valence-corrected chi connectivity index (χ2v) is 7.62. The van der Waals surface area contributed by atoms with E-state index in [2.05, 4.69) is 29.5 Å². The lowest BCUT2D eigenvalue weighted by molar-refractivity contribution is 0.169. The number of carbonyl (C=O) groups is 2. The van der Waals surface area contributed by atoms with E-state index in [1.54, 1.807) is 12.1 Å². The third-order valence-electron chi connectivity index (χ3n) is 5.47. The number of fused-ring (bicyclic) bond motifs is 2. The fourth-order valence-corrected chi connectivity index (χ4v) is 3.84. The van der Waals surface area contributed by atoms with Crippen molar-refractivity contribution in [3.63, 3.8) is 0 Å². The van der Waals surface area contributed by atoms with E-state index in [0.29, 0.717) is 9.13 Å². The number of halogens is 2. The lowest BCUT2D eigenvalue weighted by Gasteiger charge is -2.05. The molecule has 4 aromatic heterocycles. The molecule has 1 aromatic carbocycles. The lowest BCUT2D eigenvalue weighted by Crippen LogP contribution is -2.32. The second-order valence-electron chi connectivity index (χ2n) is 7.62. The Morgan fingerprint density at radius 1 is 1.03 bits per heavy atom. The zero-order valence-electron chi connectivity index (χ0n) is 19.2. The zero-order chi connectivity index (χ0) is 26.4. The summed E-state index contributed by atoms with van der Waals surface area (Å²) in [6.07, 6.45) is -1.34. The van der Waals surface area contributed by atoms with Crippen molar-refractivity contribution in [1.29, 1.82) is 0 Å². The Kier molecular flexibility index (Phi) is 5.58. The van der Waals surface area contributed by atoms with Crippen molar-refractivity contribution in [3.8, 4) is 11.5 Å². The van der Waals surface area contributed by atoms with E-state index in [0.717, 1.165) is 26.5 Å². The van der Waals surface area contributed by atoms with Gasteiger partial charge in [-0.3, -0.25) is 0 Å². The van der Waals surface area contributed by atoms with Gasteiger partial charge >= 0.3 is 17.9 Å². The number of nitrogen functional groups attached to an aromatic ring is 1. The van der Waals surface area contributed by atoms with Crippen LogP contribution in [0.3, 0.4) is 0 Å². The Morgan fingerprint density at radius 3 is 2.43 bits per heavy atom. The molecule has 0 spiro atoms.